The third-order valence-corrected chi connectivity index (χ3v) is 4.48. The van der Waals surface area contributed by atoms with Crippen molar-refractivity contribution in [3.63, 3.8) is 0 Å². The summed E-state index contributed by atoms with van der Waals surface area (Å²) in [7, 11) is 1.51. The van der Waals surface area contributed by atoms with Gasteiger partial charge in [-0.2, -0.15) is 0 Å². The van der Waals surface area contributed by atoms with E-state index in [0.717, 1.165) is 5.56 Å². The van der Waals surface area contributed by atoms with Crippen molar-refractivity contribution >= 4 is 46.4 Å². The molecule has 0 heterocycles. The first-order chi connectivity index (χ1) is 12.3. The molecule has 0 fully saturated rings. The quantitative estimate of drug-likeness (QED) is 0.772. The van der Waals surface area contributed by atoms with E-state index >= 15 is 0 Å². The molecule has 2 aromatic carbocycles. The first-order valence-corrected chi connectivity index (χ1v) is 8.75. The molecule has 0 saturated heterocycles. The van der Waals surface area contributed by atoms with E-state index in [2.05, 4.69) is 5.32 Å². The number of ether oxygens (including phenoxy) is 1. The fourth-order valence-corrected chi connectivity index (χ4v) is 2.72. The lowest BCUT2D eigenvalue weighted by Gasteiger charge is -2.24. The highest BCUT2D eigenvalue weighted by Gasteiger charge is 2.19. The van der Waals surface area contributed by atoms with Gasteiger partial charge < -0.3 is 15.0 Å². The number of aryl methyl sites for hydroxylation is 1. The molecule has 0 aromatic heterocycles. The van der Waals surface area contributed by atoms with Gasteiger partial charge in [-0.05, 0) is 42.8 Å². The number of carbonyl (C=O) groups is 2. The lowest BCUT2D eigenvalue weighted by Crippen LogP contribution is -2.32. The molecule has 0 saturated carbocycles. The highest BCUT2D eigenvalue weighted by atomic mass is 35.5. The second-order valence-electron chi connectivity index (χ2n) is 5.75. The van der Waals surface area contributed by atoms with Gasteiger partial charge in [-0.25, -0.2) is 0 Å². The largest absolute Gasteiger partial charge is 0.495 e. The molecule has 0 radical (unpaired) electrons. The summed E-state index contributed by atoms with van der Waals surface area (Å²) in [4.78, 5) is 25.8. The van der Waals surface area contributed by atoms with Gasteiger partial charge in [0.05, 0.1) is 12.8 Å². The summed E-state index contributed by atoms with van der Waals surface area (Å²) >= 11 is 11.9. The Morgan fingerprint density at radius 1 is 1.15 bits per heavy atom. The van der Waals surface area contributed by atoms with Crippen LogP contribution in [0.5, 0.6) is 5.75 Å². The minimum Gasteiger partial charge on any atom is -0.495 e. The lowest BCUT2D eigenvalue weighted by molar-refractivity contribution is -0.117. The molecule has 7 heteroatoms. The second-order valence-corrected chi connectivity index (χ2v) is 6.59. The average Bonchev–Trinajstić information content (AvgIpc) is 2.59. The van der Waals surface area contributed by atoms with Crippen molar-refractivity contribution in [1.29, 1.82) is 0 Å². The van der Waals surface area contributed by atoms with Crippen molar-refractivity contribution in [1.82, 2.24) is 0 Å². The zero-order chi connectivity index (χ0) is 19.3. The van der Waals surface area contributed by atoms with E-state index < -0.39 is 0 Å². The molecule has 0 atom stereocenters. The minimum atomic E-state index is -0.205. The van der Waals surface area contributed by atoms with Gasteiger partial charge >= 0.3 is 0 Å². The molecule has 0 aliphatic heterocycles. The summed E-state index contributed by atoms with van der Waals surface area (Å²) in [6.07, 6.45) is 0.132. The number of amides is 2. The van der Waals surface area contributed by atoms with Gasteiger partial charge in [0, 0.05) is 41.7 Å². The van der Waals surface area contributed by atoms with Crippen molar-refractivity contribution in [2.24, 2.45) is 0 Å². The van der Waals surface area contributed by atoms with Gasteiger partial charge in [-0.15, -0.1) is 0 Å². The highest BCUT2D eigenvalue weighted by Crippen LogP contribution is 2.34. The molecular weight excluding hydrogens is 375 g/mol. The summed E-state index contributed by atoms with van der Waals surface area (Å²) in [5.74, 6) is 0.0847. The van der Waals surface area contributed by atoms with Crippen molar-refractivity contribution in [2.45, 2.75) is 20.3 Å². The monoisotopic (exact) mass is 394 g/mol. The summed E-state index contributed by atoms with van der Waals surface area (Å²) in [5, 5.41) is 3.92. The Balaban J connectivity index is 2.11. The van der Waals surface area contributed by atoms with Gasteiger partial charge in [-0.3, -0.25) is 9.59 Å². The third-order valence-electron chi connectivity index (χ3n) is 3.82. The van der Waals surface area contributed by atoms with Crippen LogP contribution in [0.2, 0.25) is 10.0 Å². The molecule has 2 amide bonds. The number of anilines is 2. The van der Waals surface area contributed by atoms with Crippen LogP contribution in [0.15, 0.2) is 36.4 Å². The molecule has 0 unspecified atom stereocenters. The van der Waals surface area contributed by atoms with Crippen LogP contribution >= 0.6 is 23.2 Å². The van der Waals surface area contributed by atoms with Crippen molar-refractivity contribution in [2.75, 3.05) is 23.9 Å². The van der Waals surface area contributed by atoms with E-state index in [4.69, 9.17) is 27.9 Å². The number of nitrogens with zero attached hydrogens (tertiary/aromatic N) is 1. The number of hydrogen-bond donors (Lipinski definition) is 1. The first-order valence-electron chi connectivity index (χ1n) is 7.99. The van der Waals surface area contributed by atoms with Gasteiger partial charge in [0.15, 0.2) is 0 Å². The van der Waals surface area contributed by atoms with Gasteiger partial charge in [0.2, 0.25) is 11.8 Å². The number of rotatable bonds is 6. The number of halogens is 2. The van der Waals surface area contributed by atoms with Crippen LogP contribution in [-0.2, 0) is 9.59 Å². The van der Waals surface area contributed by atoms with Gasteiger partial charge in [0.1, 0.15) is 5.75 Å². The summed E-state index contributed by atoms with van der Waals surface area (Å²) in [5.41, 5.74) is 2.05. The van der Waals surface area contributed by atoms with Crippen molar-refractivity contribution < 1.29 is 14.3 Å². The van der Waals surface area contributed by atoms with Crippen LogP contribution in [0.25, 0.3) is 0 Å². The maximum Gasteiger partial charge on any atom is 0.226 e. The number of nitrogens with one attached hydrogen (secondary N) is 1. The molecule has 138 valence electrons. The van der Waals surface area contributed by atoms with Gasteiger partial charge in [-0.1, -0.05) is 23.2 Å². The Kier molecular flexibility index (Phi) is 6.89. The van der Waals surface area contributed by atoms with Crippen LogP contribution in [0, 0.1) is 6.92 Å². The topological polar surface area (TPSA) is 58.6 Å². The van der Waals surface area contributed by atoms with E-state index in [9.17, 15) is 9.59 Å². The predicted octanol–water partition coefficient (Wildman–Crippen LogP) is 4.69. The van der Waals surface area contributed by atoms with Crippen LogP contribution in [-0.4, -0.2) is 25.5 Å². The molecule has 0 spiro atoms. The average molecular weight is 395 g/mol. The van der Waals surface area contributed by atoms with Crippen LogP contribution < -0.4 is 15.0 Å². The maximum absolute atomic E-state index is 12.2. The first kappa shape index (κ1) is 20.1. The third kappa shape index (κ3) is 5.13. The zero-order valence-electron chi connectivity index (χ0n) is 14.8. The standard InChI is InChI=1S/C19H20Cl2N2O3/c1-12-10-17(18(26-3)11-16(12)21)23(13(2)24)9-8-19(25)22-15-6-4-14(20)5-7-15/h4-7,10-11H,8-9H2,1-3H3,(H,22,25). The molecule has 1 N–H and O–H groups in total. The van der Waals surface area contributed by atoms with Crippen LogP contribution in [0.3, 0.4) is 0 Å². The number of benzene rings is 2. The normalized spacial score (nSPS) is 10.3. The fourth-order valence-electron chi connectivity index (χ4n) is 2.44. The van der Waals surface area contributed by atoms with E-state index in [-0.39, 0.29) is 24.8 Å². The molecule has 2 aromatic rings. The van der Waals surface area contributed by atoms with Crippen LogP contribution in [0.1, 0.15) is 18.9 Å². The van der Waals surface area contributed by atoms with Gasteiger partial charge in [0.25, 0.3) is 0 Å². The van der Waals surface area contributed by atoms with Crippen molar-refractivity contribution in [3.8, 4) is 5.75 Å². The SMILES string of the molecule is COc1cc(Cl)c(C)cc1N(CCC(=O)Nc1ccc(Cl)cc1)C(C)=O. The van der Waals surface area contributed by atoms with E-state index in [1.807, 2.05) is 6.92 Å². The van der Waals surface area contributed by atoms with E-state index in [1.165, 1.54) is 18.9 Å². The fraction of sp³-hybridized carbons (Fsp3) is 0.263. The maximum atomic E-state index is 12.2. The number of methoxy groups -OCH3 is 1. The predicted molar refractivity (Wildman–Crippen MR) is 105 cm³/mol. The second kappa shape index (κ2) is 8.92. The molecule has 0 aliphatic carbocycles. The molecule has 26 heavy (non-hydrogen) atoms. The Bertz CT molecular complexity index is 807. The minimum absolute atomic E-state index is 0.132. The number of carbonyl (C=O) groups excluding carboxylic acids is 2. The summed E-state index contributed by atoms with van der Waals surface area (Å²) in [6.45, 7) is 3.50. The van der Waals surface area contributed by atoms with Crippen molar-refractivity contribution in [3.05, 3.63) is 52.0 Å². The smallest absolute Gasteiger partial charge is 0.226 e. The Labute approximate surface area is 162 Å². The summed E-state index contributed by atoms with van der Waals surface area (Å²) in [6, 6.07) is 10.3. The molecule has 0 bridgehead atoms. The Morgan fingerprint density at radius 2 is 1.81 bits per heavy atom. The zero-order valence-corrected chi connectivity index (χ0v) is 16.3. The molecule has 2 rings (SSSR count). The molecular formula is C19H20Cl2N2O3. The lowest BCUT2D eigenvalue weighted by atomic mass is 10.1. The highest BCUT2D eigenvalue weighted by molar-refractivity contribution is 6.31. The van der Waals surface area contributed by atoms with E-state index in [0.29, 0.717) is 27.2 Å². The van der Waals surface area contributed by atoms with E-state index in [1.54, 1.807) is 36.4 Å². The molecule has 5 nitrogen and oxygen atoms in total. The summed E-state index contributed by atoms with van der Waals surface area (Å²) < 4.78 is 5.33. The van der Waals surface area contributed by atoms with Crippen LogP contribution in [0.4, 0.5) is 11.4 Å². The Morgan fingerprint density at radius 3 is 2.38 bits per heavy atom. The Hall–Kier alpha value is -2.24. The molecule has 0 aliphatic rings. The number of hydrogen-bond acceptors (Lipinski definition) is 3.